The van der Waals surface area contributed by atoms with Crippen LogP contribution in [0.5, 0.6) is 0 Å². The highest BCUT2D eigenvalue weighted by Crippen LogP contribution is 2.46. The number of allylic oxidation sites excluding steroid dienone is 1. The zero-order valence-corrected chi connectivity index (χ0v) is 23.3. The molecule has 1 aliphatic carbocycles. The van der Waals surface area contributed by atoms with Crippen molar-refractivity contribution in [1.29, 1.82) is 0 Å². The molecule has 3 aromatic rings. The first-order valence-electron chi connectivity index (χ1n) is 14.7. The SMILES string of the molecule is CC(C)C[C@H](NC(=O)[C@@H]1Cc2c([nH]c3ccccc23)C2c3ccccc3C(=O)N21)C(=O)NCCC1=CCCCC1. The number of fused-ring (bicyclic) bond motifs is 7. The van der Waals surface area contributed by atoms with Gasteiger partial charge in [-0.1, -0.05) is 61.9 Å². The molecule has 3 heterocycles. The summed E-state index contributed by atoms with van der Waals surface area (Å²) in [6, 6.07) is 14.0. The summed E-state index contributed by atoms with van der Waals surface area (Å²) in [5.41, 5.74) is 5.97. The topological polar surface area (TPSA) is 94.3 Å². The highest BCUT2D eigenvalue weighted by molar-refractivity contribution is 6.04. The van der Waals surface area contributed by atoms with Crippen molar-refractivity contribution in [3.8, 4) is 0 Å². The number of nitrogens with one attached hydrogen (secondary N) is 3. The summed E-state index contributed by atoms with van der Waals surface area (Å²) in [5, 5.41) is 7.21. The number of hydrogen-bond donors (Lipinski definition) is 3. The average molecular weight is 539 g/mol. The van der Waals surface area contributed by atoms with E-state index in [-0.39, 0.29) is 29.7 Å². The Morgan fingerprint density at radius 3 is 2.67 bits per heavy atom. The van der Waals surface area contributed by atoms with Gasteiger partial charge in [0.05, 0.1) is 6.04 Å². The second kappa shape index (κ2) is 11.0. The van der Waals surface area contributed by atoms with Gasteiger partial charge in [0.15, 0.2) is 0 Å². The van der Waals surface area contributed by atoms with Crippen LogP contribution in [-0.2, 0) is 16.0 Å². The molecule has 40 heavy (non-hydrogen) atoms. The predicted octanol–water partition coefficient (Wildman–Crippen LogP) is 5.18. The summed E-state index contributed by atoms with van der Waals surface area (Å²) in [7, 11) is 0. The Bertz CT molecular complexity index is 1490. The first kappa shape index (κ1) is 26.4. The Morgan fingerprint density at radius 1 is 1.07 bits per heavy atom. The zero-order valence-electron chi connectivity index (χ0n) is 23.3. The number of nitrogens with zero attached hydrogens (tertiary/aromatic N) is 1. The van der Waals surface area contributed by atoms with Gasteiger partial charge in [-0.05, 0) is 67.7 Å². The number of hydrogen-bond acceptors (Lipinski definition) is 3. The van der Waals surface area contributed by atoms with Gasteiger partial charge >= 0.3 is 0 Å². The van der Waals surface area contributed by atoms with Crippen molar-refractivity contribution in [2.45, 2.75) is 76.9 Å². The lowest BCUT2D eigenvalue weighted by Crippen LogP contribution is -2.56. The fourth-order valence-corrected chi connectivity index (χ4v) is 6.71. The minimum absolute atomic E-state index is 0.143. The van der Waals surface area contributed by atoms with E-state index >= 15 is 0 Å². The highest BCUT2D eigenvalue weighted by atomic mass is 16.2. The number of rotatable bonds is 8. The number of aromatic amines is 1. The third-order valence-corrected chi connectivity index (χ3v) is 8.62. The van der Waals surface area contributed by atoms with Gasteiger partial charge < -0.3 is 20.5 Å². The maximum absolute atomic E-state index is 14.0. The lowest BCUT2D eigenvalue weighted by atomic mass is 9.89. The number of H-pyrrole nitrogens is 1. The lowest BCUT2D eigenvalue weighted by Gasteiger charge is -2.37. The Morgan fingerprint density at radius 2 is 1.88 bits per heavy atom. The Hall–Kier alpha value is -3.87. The molecular weight excluding hydrogens is 500 g/mol. The normalized spacial score (nSPS) is 20.5. The van der Waals surface area contributed by atoms with Crippen LogP contribution in [0.3, 0.4) is 0 Å². The third-order valence-electron chi connectivity index (χ3n) is 8.62. The first-order valence-corrected chi connectivity index (χ1v) is 14.7. The smallest absolute Gasteiger partial charge is 0.255 e. The van der Waals surface area contributed by atoms with Crippen LogP contribution in [0.15, 0.2) is 60.2 Å². The van der Waals surface area contributed by atoms with Crippen LogP contribution in [0.25, 0.3) is 10.9 Å². The summed E-state index contributed by atoms with van der Waals surface area (Å²) in [5.74, 6) is -0.364. The minimum Gasteiger partial charge on any atom is -0.356 e. The van der Waals surface area contributed by atoms with E-state index in [0.29, 0.717) is 24.9 Å². The van der Waals surface area contributed by atoms with Gasteiger partial charge in [0, 0.05) is 35.1 Å². The van der Waals surface area contributed by atoms with E-state index in [1.807, 2.05) is 42.5 Å². The van der Waals surface area contributed by atoms with E-state index in [0.717, 1.165) is 47.0 Å². The average Bonchev–Trinajstić information content (AvgIpc) is 3.48. The molecule has 208 valence electrons. The molecule has 7 nitrogen and oxygen atoms in total. The molecule has 0 saturated carbocycles. The molecule has 1 unspecified atom stereocenters. The van der Waals surface area contributed by atoms with Gasteiger partial charge in [-0.2, -0.15) is 0 Å². The fourth-order valence-electron chi connectivity index (χ4n) is 6.71. The molecule has 3 atom stereocenters. The largest absolute Gasteiger partial charge is 0.356 e. The van der Waals surface area contributed by atoms with E-state index in [1.165, 1.54) is 18.4 Å². The predicted molar refractivity (Wildman–Crippen MR) is 156 cm³/mol. The lowest BCUT2D eigenvalue weighted by molar-refractivity contribution is -0.132. The summed E-state index contributed by atoms with van der Waals surface area (Å²) >= 11 is 0. The van der Waals surface area contributed by atoms with Gasteiger partial charge in [-0.25, -0.2) is 0 Å². The monoisotopic (exact) mass is 538 g/mol. The molecule has 6 rings (SSSR count). The molecule has 2 aliphatic heterocycles. The molecule has 7 heteroatoms. The van der Waals surface area contributed by atoms with Crippen LogP contribution in [0.2, 0.25) is 0 Å². The van der Waals surface area contributed by atoms with Gasteiger partial charge in [-0.3, -0.25) is 14.4 Å². The molecule has 3 aliphatic rings. The number of para-hydroxylation sites is 1. The van der Waals surface area contributed by atoms with Crippen molar-refractivity contribution >= 4 is 28.6 Å². The molecule has 0 bridgehead atoms. The Kier molecular flexibility index (Phi) is 7.22. The molecule has 0 radical (unpaired) electrons. The van der Waals surface area contributed by atoms with Crippen LogP contribution >= 0.6 is 0 Å². The van der Waals surface area contributed by atoms with Crippen molar-refractivity contribution in [3.05, 3.63) is 82.6 Å². The molecule has 1 aromatic heterocycles. The van der Waals surface area contributed by atoms with Crippen molar-refractivity contribution in [2.24, 2.45) is 5.92 Å². The van der Waals surface area contributed by atoms with Crippen molar-refractivity contribution in [3.63, 3.8) is 0 Å². The van der Waals surface area contributed by atoms with Crippen LogP contribution in [0.1, 0.15) is 85.6 Å². The molecule has 2 aromatic carbocycles. The molecule has 0 saturated heterocycles. The van der Waals surface area contributed by atoms with E-state index in [4.69, 9.17) is 0 Å². The standard InChI is InChI=1S/C33H38N4O3/c1-20(2)18-27(31(38)34-17-16-21-10-4-3-5-11-21)36-32(39)28-19-25-22-12-8-9-15-26(22)35-29(25)30-23-13-6-7-14-24(23)33(40)37(28)30/h6-10,12-15,20,27-28,30,35H,3-5,11,16-19H2,1-2H3,(H,34,38)(H,36,39)/t27-,28-,30?/m0/s1. The van der Waals surface area contributed by atoms with E-state index in [9.17, 15) is 14.4 Å². The van der Waals surface area contributed by atoms with E-state index in [1.54, 1.807) is 4.90 Å². The van der Waals surface area contributed by atoms with Gasteiger partial charge in [0.2, 0.25) is 11.8 Å². The maximum atomic E-state index is 14.0. The summed E-state index contributed by atoms with van der Waals surface area (Å²) in [4.78, 5) is 46.3. The van der Waals surface area contributed by atoms with Crippen molar-refractivity contribution < 1.29 is 14.4 Å². The maximum Gasteiger partial charge on any atom is 0.255 e. The van der Waals surface area contributed by atoms with E-state index in [2.05, 4.69) is 41.6 Å². The molecule has 3 N–H and O–H groups in total. The van der Waals surface area contributed by atoms with Crippen LogP contribution in [-0.4, -0.2) is 46.2 Å². The second-order valence-corrected chi connectivity index (χ2v) is 11.8. The first-order chi connectivity index (χ1) is 19.4. The molecule has 0 fully saturated rings. The van der Waals surface area contributed by atoms with Gasteiger partial charge in [0.25, 0.3) is 5.91 Å². The quantitative estimate of drug-likeness (QED) is 0.345. The summed E-state index contributed by atoms with van der Waals surface area (Å²) in [6.07, 6.45) is 8.75. The Labute approximate surface area is 235 Å². The fraction of sp³-hybridized carbons (Fsp3) is 0.424. The van der Waals surface area contributed by atoms with Crippen molar-refractivity contribution in [2.75, 3.05) is 6.54 Å². The summed E-state index contributed by atoms with van der Waals surface area (Å²) in [6.45, 7) is 4.67. The number of carbonyl (C=O) groups excluding carboxylic acids is 3. The van der Waals surface area contributed by atoms with Crippen LogP contribution in [0, 0.1) is 5.92 Å². The molecular formula is C33H38N4O3. The van der Waals surface area contributed by atoms with E-state index < -0.39 is 12.1 Å². The number of carbonyl (C=O) groups is 3. The summed E-state index contributed by atoms with van der Waals surface area (Å²) < 4.78 is 0. The van der Waals surface area contributed by atoms with Gasteiger partial charge in [0.1, 0.15) is 12.1 Å². The molecule has 0 spiro atoms. The van der Waals surface area contributed by atoms with Gasteiger partial charge in [-0.15, -0.1) is 0 Å². The number of aromatic nitrogens is 1. The molecule has 3 amide bonds. The minimum atomic E-state index is -0.716. The van der Waals surface area contributed by atoms with Crippen molar-refractivity contribution in [1.82, 2.24) is 20.5 Å². The van der Waals surface area contributed by atoms with Crippen LogP contribution < -0.4 is 10.6 Å². The second-order valence-electron chi connectivity index (χ2n) is 11.8. The highest BCUT2D eigenvalue weighted by Gasteiger charge is 2.49. The van der Waals surface area contributed by atoms with Crippen LogP contribution in [0.4, 0.5) is 0 Å². The zero-order chi connectivity index (χ0) is 27.8. The number of amides is 3. The number of benzene rings is 2. The Balaban J connectivity index is 1.26. The third kappa shape index (κ3) is 4.82.